The van der Waals surface area contributed by atoms with Gasteiger partial charge in [-0.1, -0.05) is 35.0 Å². The zero-order valence-electron chi connectivity index (χ0n) is 20.0. The Kier molecular flexibility index (Phi) is 6.24. The van der Waals surface area contributed by atoms with E-state index in [9.17, 15) is 18.4 Å². The predicted octanol–water partition coefficient (Wildman–Crippen LogP) is 6.44. The second kappa shape index (κ2) is 9.89. The minimum Gasteiger partial charge on any atom is -0.373 e. The number of pyridine rings is 2. The van der Waals surface area contributed by atoms with Crippen molar-refractivity contribution in [3.05, 3.63) is 100 Å². The van der Waals surface area contributed by atoms with E-state index in [2.05, 4.69) is 30.9 Å². The number of hydrogen-bond acceptors (Lipinski definition) is 7. The van der Waals surface area contributed by atoms with Crippen LogP contribution < -0.4 is 10.6 Å². The molecule has 2 N–H and O–H groups in total. The molecule has 194 valence electrons. The van der Waals surface area contributed by atoms with Crippen LogP contribution in [0.1, 0.15) is 41.7 Å². The van der Waals surface area contributed by atoms with E-state index in [-0.39, 0.29) is 28.0 Å². The zero-order valence-corrected chi connectivity index (χ0v) is 20.8. The molecule has 3 heterocycles. The van der Waals surface area contributed by atoms with Crippen molar-refractivity contribution < 1.29 is 13.2 Å². The molecule has 0 amide bonds. The molecule has 2 aromatic carbocycles. The van der Waals surface area contributed by atoms with Crippen LogP contribution in [-0.2, 0) is 0 Å². The molecule has 0 unspecified atom stereocenters. The van der Waals surface area contributed by atoms with Gasteiger partial charge in [0.2, 0.25) is 5.95 Å². The summed E-state index contributed by atoms with van der Waals surface area (Å²) in [5.41, 5.74) is 2.23. The fraction of sp³-hybridized carbons (Fsp3) is 0.148. The Morgan fingerprint density at radius 1 is 1.03 bits per heavy atom. The van der Waals surface area contributed by atoms with Crippen LogP contribution in [-0.4, -0.2) is 25.0 Å². The van der Waals surface area contributed by atoms with Crippen molar-refractivity contribution in [2.24, 2.45) is 0 Å². The minimum atomic E-state index is -1.24. The molecular formula is C27H18ClF3N8. The molecule has 1 aliphatic rings. The van der Waals surface area contributed by atoms with Gasteiger partial charge in [0, 0.05) is 28.9 Å². The van der Waals surface area contributed by atoms with Crippen molar-refractivity contribution in [2.45, 2.75) is 24.9 Å². The van der Waals surface area contributed by atoms with E-state index in [1.54, 1.807) is 41.2 Å². The van der Waals surface area contributed by atoms with Crippen LogP contribution in [0.3, 0.4) is 0 Å². The number of benzene rings is 2. The molecular weight excluding hydrogens is 529 g/mol. The average molecular weight is 547 g/mol. The van der Waals surface area contributed by atoms with Gasteiger partial charge in [0.25, 0.3) is 0 Å². The fourth-order valence-electron chi connectivity index (χ4n) is 4.32. The van der Waals surface area contributed by atoms with Gasteiger partial charge in [0.1, 0.15) is 23.6 Å². The van der Waals surface area contributed by atoms with Gasteiger partial charge in [-0.25, -0.2) is 18.4 Å². The van der Waals surface area contributed by atoms with Crippen LogP contribution >= 0.6 is 11.6 Å². The number of aromatic nitrogens is 5. The van der Waals surface area contributed by atoms with E-state index in [4.69, 9.17) is 11.6 Å². The quantitative estimate of drug-likeness (QED) is 0.226. The summed E-state index contributed by atoms with van der Waals surface area (Å²) in [5.74, 6) is -2.82. The number of halogens is 4. The Bertz CT molecular complexity index is 1760. The van der Waals surface area contributed by atoms with Crippen LogP contribution in [0, 0.1) is 28.9 Å². The van der Waals surface area contributed by atoms with Gasteiger partial charge in [0.15, 0.2) is 5.82 Å². The number of nitrogens with zero attached hydrogens (tertiary/aromatic N) is 6. The van der Waals surface area contributed by atoms with Crippen molar-refractivity contribution in [2.75, 3.05) is 10.6 Å². The molecule has 8 nitrogen and oxygen atoms in total. The van der Waals surface area contributed by atoms with Gasteiger partial charge < -0.3 is 10.6 Å². The smallest absolute Gasteiger partial charge is 0.249 e. The average Bonchev–Trinajstić information content (AvgIpc) is 3.67. The van der Waals surface area contributed by atoms with Crippen LogP contribution in [0.2, 0.25) is 5.02 Å². The first-order valence-corrected chi connectivity index (χ1v) is 12.3. The summed E-state index contributed by atoms with van der Waals surface area (Å²) in [6.45, 7) is 0. The zero-order chi connectivity index (χ0) is 27.1. The lowest BCUT2D eigenvalue weighted by Crippen LogP contribution is -2.15. The van der Waals surface area contributed by atoms with E-state index in [0.29, 0.717) is 27.8 Å². The molecule has 6 rings (SSSR count). The molecule has 39 heavy (non-hydrogen) atoms. The first-order chi connectivity index (χ1) is 18.9. The Morgan fingerprint density at radius 2 is 1.85 bits per heavy atom. The highest BCUT2D eigenvalue weighted by Gasteiger charge is 2.28. The monoisotopic (exact) mass is 546 g/mol. The lowest BCUT2D eigenvalue weighted by molar-refractivity contribution is 0.480. The van der Waals surface area contributed by atoms with Crippen molar-refractivity contribution in [3.63, 3.8) is 0 Å². The lowest BCUT2D eigenvalue weighted by atomic mass is 10.0. The SMILES string of the molecule is N#Cc1cnc2c(Cl)cc(N[C@H](c3cn(C4CC4)nn3)c3ccccc3F)cc2c1Nc1cnc(F)c(F)c1. The highest BCUT2D eigenvalue weighted by molar-refractivity contribution is 6.36. The highest BCUT2D eigenvalue weighted by Crippen LogP contribution is 2.38. The maximum Gasteiger partial charge on any atom is 0.249 e. The molecule has 0 aliphatic heterocycles. The van der Waals surface area contributed by atoms with Crippen LogP contribution in [0.25, 0.3) is 10.9 Å². The number of anilines is 3. The topological polar surface area (TPSA) is 104 Å². The third kappa shape index (κ3) is 4.82. The van der Waals surface area contributed by atoms with Crippen molar-refractivity contribution >= 4 is 39.6 Å². The first-order valence-electron chi connectivity index (χ1n) is 11.9. The summed E-state index contributed by atoms with van der Waals surface area (Å²) >= 11 is 6.60. The summed E-state index contributed by atoms with van der Waals surface area (Å²) < 4.78 is 44.0. The summed E-state index contributed by atoms with van der Waals surface area (Å²) in [6.07, 6.45) is 6.25. The molecule has 0 radical (unpaired) electrons. The summed E-state index contributed by atoms with van der Waals surface area (Å²) in [7, 11) is 0. The molecule has 1 atom stereocenters. The molecule has 1 fully saturated rings. The Morgan fingerprint density at radius 3 is 2.59 bits per heavy atom. The fourth-order valence-corrected chi connectivity index (χ4v) is 4.59. The molecule has 3 aromatic heterocycles. The Hall–Kier alpha value is -4.69. The number of nitriles is 1. The van der Waals surface area contributed by atoms with Gasteiger partial charge in [-0.05, 0) is 31.0 Å². The standard InChI is InChI=1S/C27H18ClF3N8/c28-20-8-15(35-26(18-3-1-2-4-21(18)29)23-13-39(38-37-23)17-5-6-17)7-19-24(14(10-32)11-33-25(19)20)36-16-9-22(30)27(31)34-12-16/h1-4,7-9,11-13,17,26,35H,5-6H2,(H,33,36)/t26-/m0/s1. The number of rotatable bonds is 7. The van der Waals surface area contributed by atoms with E-state index < -0.39 is 23.6 Å². The third-order valence-corrected chi connectivity index (χ3v) is 6.67. The van der Waals surface area contributed by atoms with Gasteiger partial charge in [0.05, 0.1) is 45.9 Å². The first kappa shape index (κ1) is 24.6. The van der Waals surface area contributed by atoms with E-state index in [1.807, 2.05) is 6.07 Å². The Labute approximate surface area is 225 Å². The molecule has 12 heteroatoms. The molecule has 1 saturated carbocycles. The molecule has 0 bridgehead atoms. The molecule has 0 saturated heterocycles. The van der Waals surface area contributed by atoms with Gasteiger partial charge in [-0.15, -0.1) is 5.10 Å². The Balaban J connectivity index is 1.45. The van der Waals surface area contributed by atoms with Crippen molar-refractivity contribution in [1.29, 1.82) is 5.26 Å². The van der Waals surface area contributed by atoms with Crippen LogP contribution in [0.5, 0.6) is 0 Å². The van der Waals surface area contributed by atoms with Crippen molar-refractivity contribution in [3.8, 4) is 6.07 Å². The van der Waals surface area contributed by atoms with Crippen LogP contribution in [0.15, 0.2) is 61.1 Å². The van der Waals surface area contributed by atoms with E-state index in [0.717, 1.165) is 25.1 Å². The number of nitrogens with one attached hydrogen (secondary N) is 2. The largest absolute Gasteiger partial charge is 0.373 e. The molecule has 1 aliphatic carbocycles. The van der Waals surface area contributed by atoms with Gasteiger partial charge in [-0.2, -0.15) is 9.65 Å². The van der Waals surface area contributed by atoms with Crippen LogP contribution in [0.4, 0.5) is 30.2 Å². The third-order valence-electron chi connectivity index (χ3n) is 6.38. The summed E-state index contributed by atoms with van der Waals surface area (Å²) in [6, 6.07) is 12.2. The molecule has 5 aromatic rings. The second-order valence-corrected chi connectivity index (χ2v) is 9.50. The minimum absolute atomic E-state index is 0.119. The normalized spacial score (nSPS) is 13.7. The number of fused-ring (bicyclic) bond motifs is 1. The summed E-state index contributed by atoms with van der Waals surface area (Å²) in [5, 5.41) is 25.2. The van der Waals surface area contributed by atoms with Gasteiger partial charge >= 0.3 is 0 Å². The van der Waals surface area contributed by atoms with Crippen molar-refractivity contribution in [1.82, 2.24) is 25.0 Å². The number of hydrogen-bond donors (Lipinski definition) is 2. The lowest BCUT2D eigenvalue weighted by Gasteiger charge is -2.20. The van der Waals surface area contributed by atoms with E-state index >= 15 is 0 Å². The highest BCUT2D eigenvalue weighted by atomic mass is 35.5. The van der Waals surface area contributed by atoms with E-state index in [1.165, 1.54) is 12.3 Å². The van der Waals surface area contributed by atoms with Gasteiger partial charge in [-0.3, -0.25) is 4.98 Å². The molecule has 0 spiro atoms. The predicted molar refractivity (Wildman–Crippen MR) is 139 cm³/mol. The maximum atomic E-state index is 15.0. The summed E-state index contributed by atoms with van der Waals surface area (Å²) in [4.78, 5) is 7.70. The maximum absolute atomic E-state index is 15.0. The second-order valence-electron chi connectivity index (χ2n) is 9.09.